The lowest BCUT2D eigenvalue weighted by atomic mass is 10.2. The van der Waals surface area contributed by atoms with Gasteiger partial charge in [-0.2, -0.15) is 0 Å². The second-order valence-corrected chi connectivity index (χ2v) is 6.46. The lowest BCUT2D eigenvalue weighted by molar-refractivity contribution is -0.136. The Morgan fingerprint density at radius 2 is 2.00 bits per heavy atom. The molecule has 2 amide bonds. The molecule has 0 aliphatic carbocycles. The predicted octanol–water partition coefficient (Wildman–Crippen LogP) is 3.07. The van der Waals surface area contributed by atoms with Gasteiger partial charge >= 0.3 is 11.8 Å². The Labute approximate surface area is 156 Å². The van der Waals surface area contributed by atoms with Crippen LogP contribution in [0.5, 0.6) is 0 Å². The minimum atomic E-state index is -1.17. The van der Waals surface area contributed by atoms with Crippen molar-refractivity contribution in [1.29, 1.82) is 0 Å². The van der Waals surface area contributed by atoms with Gasteiger partial charge in [0.2, 0.25) is 0 Å². The number of carbonyl (C=O) groups is 2. The zero-order valence-corrected chi connectivity index (χ0v) is 14.6. The van der Waals surface area contributed by atoms with Gasteiger partial charge in [-0.05, 0) is 30.3 Å². The molecule has 0 aliphatic rings. The van der Waals surface area contributed by atoms with E-state index in [9.17, 15) is 23.5 Å². The smallest absolute Gasteiger partial charge is 0.313 e. The van der Waals surface area contributed by atoms with Crippen molar-refractivity contribution in [3.63, 3.8) is 0 Å². The Hall–Kier alpha value is -3.04. The number of hydrogen-bond acceptors (Lipinski definition) is 5. The fourth-order valence-corrected chi connectivity index (χ4v) is 3.12. The van der Waals surface area contributed by atoms with Crippen molar-refractivity contribution < 1.29 is 27.9 Å². The van der Waals surface area contributed by atoms with Crippen LogP contribution in [0, 0.1) is 11.6 Å². The van der Waals surface area contributed by atoms with Crippen LogP contribution in [-0.2, 0) is 9.59 Å². The van der Waals surface area contributed by atoms with Gasteiger partial charge in [0.1, 0.15) is 23.5 Å². The SMILES string of the molecule is O=C(NCC(O)c1cc(-c2ccco2)cs1)C(=O)Nc1cc(F)ccc1F. The number of furan rings is 1. The fraction of sp³-hybridized carbons (Fsp3) is 0.111. The molecule has 1 aromatic carbocycles. The third-order valence-corrected chi connectivity index (χ3v) is 4.63. The highest BCUT2D eigenvalue weighted by Gasteiger charge is 2.19. The van der Waals surface area contributed by atoms with Crippen molar-refractivity contribution in [1.82, 2.24) is 5.32 Å². The molecule has 0 bridgehead atoms. The molecule has 140 valence electrons. The Kier molecular flexibility index (Phi) is 5.63. The summed E-state index contributed by atoms with van der Waals surface area (Å²) in [6.07, 6.45) is 0.491. The molecule has 0 radical (unpaired) electrons. The molecule has 1 unspecified atom stereocenters. The maximum absolute atomic E-state index is 13.5. The highest BCUT2D eigenvalue weighted by Crippen LogP contribution is 2.29. The van der Waals surface area contributed by atoms with Crippen LogP contribution in [0.3, 0.4) is 0 Å². The van der Waals surface area contributed by atoms with Crippen LogP contribution >= 0.6 is 11.3 Å². The molecule has 27 heavy (non-hydrogen) atoms. The number of hydrogen-bond donors (Lipinski definition) is 3. The number of benzene rings is 1. The number of rotatable bonds is 5. The van der Waals surface area contributed by atoms with E-state index < -0.39 is 35.2 Å². The second-order valence-electron chi connectivity index (χ2n) is 5.52. The van der Waals surface area contributed by atoms with Crippen molar-refractivity contribution in [2.24, 2.45) is 0 Å². The molecule has 3 aromatic rings. The van der Waals surface area contributed by atoms with Crippen LogP contribution in [0.15, 0.2) is 52.5 Å². The average molecular weight is 392 g/mol. The fourth-order valence-electron chi connectivity index (χ4n) is 2.24. The van der Waals surface area contributed by atoms with Gasteiger partial charge in [-0.3, -0.25) is 9.59 Å². The molecule has 2 heterocycles. The maximum Gasteiger partial charge on any atom is 0.313 e. The summed E-state index contributed by atoms with van der Waals surface area (Å²) >= 11 is 1.27. The maximum atomic E-state index is 13.5. The van der Waals surface area contributed by atoms with Gasteiger partial charge in [0.15, 0.2) is 0 Å². The summed E-state index contributed by atoms with van der Waals surface area (Å²) in [5, 5.41) is 16.2. The van der Waals surface area contributed by atoms with Crippen LogP contribution in [-0.4, -0.2) is 23.5 Å². The molecular weight excluding hydrogens is 378 g/mol. The molecule has 0 saturated carbocycles. The Morgan fingerprint density at radius 1 is 1.19 bits per heavy atom. The van der Waals surface area contributed by atoms with E-state index in [-0.39, 0.29) is 6.54 Å². The van der Waals surface area contributed by atoms with Crippen LogP contribution < -0.4 is 10.6 Å². The number of aliphatic hydroxyl groups excluding tert-OH is 1. The monoisotopic (exact) mass is 392 g/mol. The van der Waals surface area contributed by atoms with Crippen molar-refractivity contribution in [3.8, 4) is 11.3 Å². The summed E-state index contributed by atoms with van der Waals surface area (Å²) in [7, 11) is 0. The first-order valence-corrected chi connectivity index (χ1v) is 8.66. The number of aliphatic hydroxyl groups is 1. The van der Waals surface area contributed by atoms with Crippen LogP contribution in [0.1, 0.15) is 11.0 Å². The molecule has 1 atom stereocenters. The summed E-state index contributed by atoms with van der Waals surface area (Å²) in [4.78, 5) is 24.2. The molecular formula is C18H14F2N2O4S. The normalized spacial score (nSPS) is 11.8. The second kappa shape index (κ2) is 8.11. The van der Waals surface area contributed by atoms with E-state index in [1.54, 1.807) is 23.6 Å². The summed E-state index contributed by atoms with van der Waals surface area (Å²) in [6.45, 7) is -0.226. The lowest BCUT2D eigenvalue weighted by Crippen LogP contribution is -2.37. The number of thiophene rings is 1. The highest BCUT2D eigenvalue weighted by atomic mass is 32.1. The van der Waals surface area contributed by atoms with E-state index in [0.29, 0.717) is 10.6 Å². The third kappa shape index (κ3) is 4.57. The molecule has 0 aliphatic heterocycles. The number of halogens is 2. The molecule has 9 heteroatoms. The van der Waals surface area contributed by atoms with Crippen molar-refractivity contribution in [2.45, 2.75) is 6.10 Å². The van der Waals surface area contributed by atoms with Crippen molar-refractivity contribution >= 4 is 28.8 Å². The lowest BCUT2D eigenvalue weighted by Gasteiger charge is -2.10. The van der Waals surface area contributed by atoms with E-state index in [0.717, 1.165) is 23.8 Å². The van der Waals surface area contributed by atoms with Crippen LogP contribution in [0.2, 0.25) is 0 Å². The van der Waals surface area contributed by atoms with E-state index in [1.165, 1.54) is 17.6 Å². The van der Waals surface area contributed by atoms with E-state index in [4.69, 9.17) is 4.42 Å². The van der Waals surface area contributed by atoms with Crippen LogP contribution in [0.25, 0.3) is 11.3 Å². The zero-order valence-electron chi connectivity index (χ0n) is 13.7. The molecule has 0 fully saturated rings. The first-order chi connectivity index (χ1) is 12.9. The average Bonchev–Trinajstić information content (AvgIpc) is 3.33. The summed E-state index contributed by atoms with van der Waals surface area (Å²) < 4.78 is 31.8. The quantitative estimate of drug-likeness (QED) is 0.582. The molecule has 2 aromatic heterocycles. The first kappa shape index (κ1) is 18.7. The third-order valence-electron chi connectivity index (χ3n) is 3.59. The highest BCUT2D eigenvalue weighted by molar-refractivity contribution is 7.10. The molecule has 3 rings (SSSR count). The summed E-state index contributed by atoms with van der Waals surface area (Å²) in [5.74, 6) is -3.24. The van der Waals surface area contributed by atoms with Crippen molar-refractivity contribution in [2.75, 3.05) is 11.9 Å². The topological polar surface area (TPSA) is 91.6 Å². The van der Waals surface area contributed by atoms with Gasteiger partial charge in [0, 0.05) is 28.4 Å². The predicted molar refractivity (Wildman–Crippen MR) is 95.0 cm³/mol. The van der Waals surface area contributed by atoms with E-state index in [2.05, 4.69) is 5.32 Å². The minimum absolute atomic E-state index is 0.226. The largest absolute Gasteiger partial charge is 0.464 e. The molecule has 0 saturated heterocycles. The number of carbonyl (C=O) groups excluding carboxylic acids is 2. The van der Waals surface area contributed by atoms with Gasteiger partial charge in [0.25, 0.3) is 0 Å². The Morgan fingerprint density at radius 3 is 2.74 bits per heavy atom. The van der Waals surface area contributed by atoms with E-state index in [1.807, 2.05) is 5.32 Å². The van der Waals surface area contributed by atoms with Crippen LogP contribution in [0.4, 0.5) is 14.5 Å². The summed E-state index contributed by atoms with van der Waals surface area (Å²) in [5.41, 5.74) is 0.335. The Bertz CT molecular complexity index is 956. The van der Waals surface area contributed by atoms with E-state index >= 15 is 0 Å². The van der Waals surface area contributed by atoms with Gasteiger partial charge < -0.3 is 20.2 Å². The number of anilines is 1. The van der Waals surface area contributed by atoms with Gasteiger partial charge in [-0.1, -0.05) is 0 Å². The molecule has 3 N–H and O–H groups in total. The standard InChI is InChI=1S/C18H14F2N2O4S/c19-11-3-4-12(20)13(7-11)22-18(25)17(24)21-8-14(23)16-6-10(9-27-16)15-2-1-5-26-15/h1-7,9,14,23H,8H2,(H,21,24)(H,22,25). The number of amides is 2. The first-order valence-electron chi connectivity index (χ1n) is 7.78. The minimum Gasteiger partial charge on any atom is -0.464 e. The zero-order chi connectivity index (χ0) is 19.4. The molecule has 0 spiro atoms. The Balaban J connectivity index is 1.55. The van der Waals surface area contributed by atoms with Gasteiger partial charge in [-0.15, -0.1) is 11.3 Å². The number of nitrogens with one attached hydrogen (secondary N) is 2. The van der Waals surface area contributed by atoms with Crippen molar-refractivity contribution in [3.05, 3.63) is 64.6 Å². The summed E-state index contributed by atoms with van der Waals surface area (Å²) in [6, 6.07) is 7.71. The molecule has 6 nitrogen and oxygen atoms in total. The van der Waals surface area contributed by atoms with Gasteiger partial charge in [-0.25, -0.2) is 8.78 Å². The van der Waals surface area contributed by atoms with Gasteiger partial charge in [0.05, 0.1) is 12.0 Å².